The zero-order valence-corrected chi connectivity index (χ0v) is 20.7. The average molecular weight is 547 g/mol. The first-order valence-corrected chi connectivity index (χ1v) is 11.8. The molecule has 40 heavy (non-hydrogen) atoms. The summed E-state index contributed by atoms with van der Waals surface area (Å²) in [4.78, 5) is 37.1. The van der Waals surface area contributed by atoms with Crippen molar-refractivity contribution >= 4 is 22.4 Å². The van der Waals surface area contributed by atoms with Crippen LogP contribution in [0.3, 0.4) is 0 Å². The third-order valence-corrected chi connectivity index (χ3v) is 6.65. The number of carbonyl (C=O) groups excluding carboxylic acids is 1. The molecule has 0 amide bonds. The maximum absolute atomic E-state index is 13.1. The number of fused-ring (bicyclic) bond motifs is 2. The van der Waals surface area contributed by atoms with E-state index in [-0.39, 0.29) is 56.6 Å². The van der Waals surface area contributed by atoms with Crippen molar-refractivity contribution in [3.63, 3.8) is 0 Å². The second-order valence-corrected chi connectivity index (χ2v) is 9.28. The summed E-state index contributed by atoms with van der Waals surface area (Å²) in [5, 5.41) is 63.6. The van der Waals surface area contributed by atoms with Gasteiger partial charge in [0.2, 0.25) is 5.43 Å². The summed E-state index contributed by atoms with van der Waals surface area (Å²) in [6, 6.07) is 9.58. The number of carbonyl (C=O) groups is 1. The summed E-state index contributed by atoms with van der Waals surface area (Å²) in [7, 11) is 0. The minimum atomic E-state index is -1.23. The number of hydrogen-bond acceptors (Lipinski definition) is 12. The summed E-state index contributed by atoms with van der Waals surface area (Å²) in [5.41, 5.74) is -0.734. The Hall–Kier alpha value is -5.52. The first-order chi connectivity index (χ1) is 19.0. The van der Waals surface area contributed by atoms with Gasteiger partial charge in [0.25, 0.3) is 0 Å². The highest BCUT2D eigenvalue weighted by atomic mass is 16.6. The number of rotatable bonds is 4. The van der Waals surface area contributed by atoms with Crippen LogP contribution in [0.5, 0.6) is 40.2 Å². The SMILES string of the molecule is Cc1cc(C(=O)O[C@@H]2Cc3c(O)cc(N=O)cc3O[C@@H]2c2cc(O)c(=O)c3c(O)c(O)ccc3c2)cc(O)c1O. The van der Waals surface area contributed by atoms with Crippen molar-refractivity contribution in [1.29, 1.82) is 0 Å². The zero-order chi connectivity index (χ0) is 28.9. The Balaban J connectivity index is 1.66. The molecule has 12 nitrogen and oxygen atoms in total. The molecule has 0 aromatic heterocycles. The second kappa shape index (κ2) is 9.66. The van der Waals surface area contributed by atoms with Gasteiger partial charge in [0, 0.05) is 29.7 Å². The van der Waals surface area contributed by atoms with Crippen LogP contribution in [0.15, 0.2) is 58.5 Å². The standard InChI is InChI=1S/C28H21NO11/c1-11-4-14(7-19(32)24(11)34)28(37)40-22-10-16-18(31)8-15(29-38)9-21(16)39-27(22)13-5-12-2-3-17(30)25(35)23(12)26(36)20(33)6-13/h2-9,22,27,30-32,34-35H,10H2,1H3,(H,33,36)/t22-,27-/m1/s1. The van der Waals surface area contributed by atoms with Crippen LogP contribution in [0.25, 0.3) is 10.8 Å². The van der Waals surface area contributed by atoms with Crippen LogP contribution in [-0.4, -0.2) is 42.7 Å². The lowest BCUT2D eigenvalue weighted by molar-refractivity contribution is -0.0186. The van der Waals surface area contributed by atoms with Gasteiger partial charge in [-0.15, -0.1) is 4.91 Å². The normalized spacial score (nSPS) is 16.1. The number of esters is 1. The van der Waals surface area contributed by atoms with Crippen LogP contribution < -0.4 is 10.2 Å². The smallest absolute Gasteiger partial charge is 0.338 e. The van der Waals surface area contributed by atoms with Gasteiger partial charge < -0.3 is 40.1 Å². The Morgan fingerprint density at radius 1 is 0.900 bits per heavy atom. The van der Waals surface area contributed by atoms with Gasteiger partial charge in [0.1, 0.15) is 23.3 Å². The van der Waals surface area contributed by atoms with E-state index in [1.165, 1.54) is 31.2 Å². The minimum Gasteiger partial charge on any atom is -0.507 e. The van der Waals surface area contributed by atoms with Gasteiger partial charge in [-0.3, -0.25) is 4.79 Å². The molecule has 6 N–H and O–H groups in total. The first-order valence-electron chi connectivity index (χ1n) is 11.8. The molecule has 0 unspecified atom stereocenters. The fourth-order valence-electron chi connectivity index (χ4n) is 4.66. The minimum absolute atomic E-state index is 0.0307. The van der Waals surface area contributed by atoms with E-state index in [9.17, 15) is 45.1 Å². The van der Waals surface area contributed by atoms with Crippen LogP contribution in [0.4, 0.5) is 5.69 Å². The van der Waals surface area contributed by atoms with Crippen molar-refractivity contribution in [2.45, 2.75) is 25.6 Å². The Labute approximate surface area is 224 Å². The number of aromatic hydroxyl groups is 6. The molecule has 4 aromatic rings. The molecule has 4 aromatic carbocycles. The molecule has 5 rings (SSSR count). The molecule has 0 saturated heterocycles. The van der Waals surface area contributed by atoms with E-state index in [4.69, 9.17) is 9.47 Å². The molecule has 0 bridgehead atoms. The van der Waals surface area contributed by atoms with Gasteiger partial charge in [-0.05, 0) is 53.4 Å². The maximum Gasteiger partial charge on any atom is 0.338 e. The van der Waals surface area contributed by atoms with Crippen molar-refractivity contribution in [1.82, 2.24) is 0 Å². The molecule has 0 radical (unpaired) electrons. The van der Waals surface area contributed by atoms with Gasteiger partial charge in [0.15, 0.2) is 34.9 Å². The van der Waals surface area contributed by atoms with Crippen LogP contribution >= 0.6 is 0 Å². The molecule has 0 spiro atoms. The topological polar surface area (TPSA) is 203 Å². The number of hydrogen-bond donors (Lipinski definition) is 6. The van der Waals surface area contributed by atoms with Gasteiger partial charge in [-0.2, -0.15) is 0 Å². The van der Waals surface area contributed by atoms with Crippen molar-refractivity contribution in [2.75, 3.05) is 0 Å². The number of phenols is 5. The van der Waals surface area contributed by atoms with Crippen molar-refractivity contribution < 1.29 is 44.9 Å². The summed E-state index contributed by atoms with van der Waals surface area (Å²) >= 11 is 0. The van der Waals surface area contributed by atoms with Crippen molar-refractivity contribution in [3.05, 3.63) is 85.9 Å². The molecule has 204 valence electrons. The predicted molar refractivity (Wildman–Crippen MR) is 140 cm³/mol. The third kappa shape index (κ3) is 4.41. The third-order valence-electron chi connectivity index (χ3n) is 6.65. The van der Waals surface area contributed by atoms with E-state index < -0.39 is 52.4 Å². The van der Waals surface area contributed by atoms with Crippen LogP contribution in [0.1, 0.15) is 33.2 Å². The number of ether oxygens (including phenoxy) is 2. The molecule has 0 aliphatic carbocycles. The Bertz CT molecular complexity index is 1760. The first kappa shape index (κ1) is 26.1. The van der Waals surface area contributed by atoms with Gasteiger partial charge in [0.05, 0.1) is 10.9 Å². The molecular weight excluding hydrogens is 526 g/mol. The lowest BCUT2D eigenvalue weighted by Crippen LogP contribution is -2.34. The average Bonchev–Trinajstić information content (AvgIpc) is 3.04. The number of aryl methyl sites for hydroxylation is 1. The largest absolute Gasteiger partial charge is 0.507 e. The number of phenolic OH excluding ortho intramolecular Hbond substituents is 5. The molecule has 12 heteroatoms. The summed E-state index contributed by atoms with van der Waals surface area (Å²) in [6.45, 7) is 1.47. The number of benzene rings is 3. The summed E-state index contributed by atoms with van der Waals surface area (Å²) in [5.74, 6) is -4.33. The fraction of sp³-hybridized carbons (Fsp3) is 0.143. The van der Waals surface area contributed by atoms with Crippen LogP contribution in [-0.2, 0) is 11.2 Å². The van der Waals surface area contributed by atoms with Crippen LogP contribution in [0, 0.1) is 11.8 Å². The van der Waals surface area contributed by atoms with Crippen LogP contribution in [0.2, 0.25) is 0 Å². The van der Waals surface area contributed by atoms with Crippen molar-refractivity contribution in [2.24, 2.45) is 5.18 Å². The monoisotopic (exact) mass is 547 g/mol. The van der Waals surface area contributed by atoms with E-state index in [2.05, 4.69) is 5.18 Å². The molecular formula is C28H21NO11. The summed E-state index contributed by atoms with van der Waals surface area (Å²) in [6.07, 6.45) is -2.58. The van der Waals surface area contributed by atoms with E-state index in [0.717, 1.165) is 24.3 Å². The highest BCUT2D eigenvalue weighted by molar-refractivity contribution is 5.92. The van der Waals surface area contributed by atoms with E-state index in [0.29, 0.717) is 0 Å². The number of nitrogens with zero attached hydrogens (tertiary/aromatic N) is 1. The molecule has 2 atom stereocenters. The van der Waals surface area contributed by atoms with Gasteiger partial charge in [-0.1, -0.05) is 6.07 Å². The summed E-state index contributed by atoms with van der Waals surface area (Å²) < 4.78 is 11.8. The number of nitroso groups, excluding NO2 is 1. The molecule has 1 heterocycles. The van der Waals surface area contributed by atoms with Gasteiger partial charge >= 0.3 is 5.97 Å². The highest BCUT2D eigenvalue weighted by Gasteiger charge is 2.37. The zero-order valence-electron chi connectivity index (χ0n) is 20.7. The van der Waals surface area contributed by atoms with Crippen molar-refractivity contribution in [3.8, 4) is 40.2 Å². The lowest BCUT2D eigenvalue weighted by Gasteiger charge is -2.33. The van der Waals surface area contributed by atoms with E-state index in [1.54, 1.807) is 0 Å². The maximum atomic E-state index is 13.1. The quantitative estimate of drug-likeness (QED) is 0.122. The van der Waals surface area contributed by atoms with E-state index >= 15 is 0 Å². The lowest BCUT2D eigenvalue weighted by atomic mass is 9.93. The fourth-order valence-corrected chi connectivity index (χ4v) is 4.66. The Kier molecular flexibility index (Phi) is 6.30. The second-order valence-electron chi connectivity index (χ2n) is 9.28. The predicted octanol–water partition coefficient (Wildman–Crippen LogP) is 4.04. The molecule has 1 aliphatic rings. The molecule has 0 fully saturated rings. The molecule has 1 aliphatic heterocycles. The molecule has 0 saturated carbocycles. The van der Waals surface area contributed by atoms with Gasteiger partial charge in [-0.25, -0.2) is 4.79 Å². The Morgan fingerprint density at radius 2 is 1.65 bits per heavy atom. The highest BCUT2D eigenvalue weighted by Crippen LogP contribution is 2.44. The van der Waals surface area contributed by atoms with E-state index in [1.807, 2.05) is 0 Å². The Morgan fingerprint density at radius 3 is 2.35 bits per heavy atom.